The molecule has 0 saturated carbocycles. The highest BCUT2D eigenvalue weighted by molar-refractivity contribution is 7.99. The molecule has 0 atom stereocenters. The molecule has 0 N–H and O–H groups in total. The van der Waals surface area contributed by atoms with Gasteiger partial charge in [0.25, 0.3) is 0 Å². The van der Waals surface area contributed by atoms with Crippen LogP contribution >= 0.6 is 11.8 Å². The lowest BCUT2D eigenvalue weighted by Gasteiger charge is -2.11. The quantitative estimate of drug-likeness (QED) is 0.157. The molecule has 0 unspecified atom stereocenters. The van der Waals surface area contributed by atoms with Crippen molar-refractivity contribution in [1.82, 2.24) is 19.9 Å². The molecule has 284 valence electrons. The van der Waals surface area contributed by atoms with E-state index in [2.05, 4.69) is 206 Å². The Morgan fingerprint density at radius 2 is 0.672 bits per heavy atom. The van der Waals surface area contributed by atoms with E-state index in [9.17, 15) is 0 Å². The minimum Gasteiger partial charge on any atom is -0.245 e. The first-order valence-electron chi connectivity index (χ1n) is 20.4. The van der Waals surface area contributed by atoms with Gasteiger partial charge in [0.2, 0.25) is 0 Å². The molecule has 0 bridgehead atoms. The molecule has 0 aliphatic carbocycles. The van der Waals surface area contributed by atoms with Crippen LogP contribution in [0.5, 0.6) is 0 Å². The zero-order valence-electron chi connectivity index (χ0n) is 32.8. The van der Waals surface area contributed by atoms with Crippen molar-refractivity contribution in [3.8, 4) is 45.0 Å². The molecule has 0 aliphatic heterocycles. The largest absolute Gasteiger partial charge is 0.245 e. The summed E-state index contributed by atoms with van der Waals surface area (Å²) in [6.07, 6.45) is 0. The predicted octanol–water partition coefficient (Wildman–Crippen LogP) is 15.0. The molecule has 0 radical (unpaired) electrons. The maximum absolute atomic E-state index is 5.25. The molecule has 0 amide bonds. The van der Waals surface area contributed by atoms with Gasteiger partial charge in [0.15, 0.2) is 0 Å². The van der Waals surface area contributed by atoms with Gasteiger partial charge < -0.3 is 0 Å². The van der Waals surface area contributed by atoms with Crippen LogP contribution in [0.25, 0.3) is 110 Å². The van der Waals surface area contributed by atoms with E-state index in [1.54, 1.807) is 11.8 Å². The minimum atomic E-state index is 0.905. The number of benzene rings is 8. The summed E-state index contributed by atoms with van der Waals surface area (Å²) in [4.78, 5) is 23.2. The van der Waals surface area contributed by atoms with E-state index >= 15 is 0 Å². The first kappa shape index (κ1) is 35.2. The first-order valence-corrected chi connectivity index (χ1v) is 21.3. The van der Waals surface area contributed by atoms with Crippen LogP contribution in [0.1, 0.15) is 0 Å². The molecule has 8 aromatic carbocycles. The van der Waals surface area contributed by atoms with E-state index in [-0.39, 0.29) is 0 Å². The summed E-state index contributed by atoms with van der Waals surface area (Å²) in [7, 11) is 0. The Hall–Kier alpha value is -7.73. The monoisotopic (exact) mass is 794 g/mol. The number of rotatable bonds is 6. The summed E-state index contributed by atoms with van der Waals surface area (Å²) >= 11 is 1.74. The maximum atomic E-state index is 5.25. The summed E-state index contributed by atoms with van der Waals surface area (Å²) in [5.74, 6) is 0. The normalized spacial score (nSPS) is 11.7. The summed E-state index contributed by atoms with van der Waals surface area (Å²) in [6.45, 7) is 0. The molecule has 5 heteroatoms. The molecular formula is C56H34N4S. The van der Waals surface area contributed by atoms with Gasteiger partial charge in [-0.05, 0) is 70.1 Å². The highest BCUT2D eigenvalue weighted by Crippen LogP contribution is 2.36. The fourth-order valence-electron chi connectivity index (χ4n) is 8.60. The van der Waals surface area contributed by atoms with Gasteiger partial charge in [0.05, 0.1) is 44.8 Å². The van der Waals surface area contributed by atoms with Crippen LogP contribution in [0.3, 0.4) is 0 Å². The smallest absolute Gasteiger partial charge is 0.0972 e. The zero-order chi connectivity index (χ0) is 40.3. The highest BCUT2D eigenvalue weighted by atomic mass is 32.2. The topological polar surface area (TPSA) is 51.6 Å². The third kappa shape index (κ3) is 6.35. The van der Waals surface area contributed by atoms with Crippen LogP contribution in [0.2, 0.25) is 0 Å². The summed E-state index contributed by atoms with van der Waals surface area (Å²) in [5.41, 5.74) is 11.7. The maximum Gasteiger partial charge on any atom is 0.0972 e. The molecule has 4 aromatic heterocycles. The zero-order valence-corrected chi connectivity index (χ0v) is 33.6. The molecule has 0 fully saturated rings. The van der Waals surface area contributed by atoms with Gasteiger partial charge in [-0.1, -0.05) is 169 Å². The number of pyridine rings is 4. The van der Waals surface area contributed by atoms with E-state index in [1.807, 2.05) is 0 Å². The lowest BCUT2D eigenvalue weighted by atomic mass is 10.0. The standard InChI is InChI=1S/C56H34N4S/c1-3-14-45-35(8-1)10-6-16-47(45)51-32-26-40-20-18-38-24-30-49(57-53(38)55(40)59-51)37-22-28-43(29-23-37)61-44-13-5-12-42(34-44)50-31-25-39-19-21-41-27-33-52(60-56(41)54(39)58-50)48-17-7-11-36-9-2-4-15-46(36)48/h1-34H. The van der Waals surface area contributed by atoms with Crippen molar-refractivity contribution in [3.05, 3.63) is 206 Å². The van der Waals surface area contributed by atoms with E-state index in [0.717, 1.165) is 98.4 Å². The average molecular weight is 795 g/mol. The third-order valence-corrected chi connectivity index (χ3v) is 12.7. The average Bonchev–Trinajstić information content (AvgIpc) is 3.33. The molecule has 12 aromatic rings. The van der Waals surface area contributed by atoms with Crippen molar-refractivity contribution in [2.75, 3.05) is 0 Å². The number of hydrogen-bond acceptors (Lipinski definition) is 5. The van der Waals surface area contributed by atoms with Crippen molar-refractivity contribution in [2.45, 2.75) is 9.79 Å². The third-order valence-electron chi connectivity index (χ3n) is 11.7. The van der Waals surface area contributed by atoms with Gasteiger partial charge in [0, 0.05) is 53.6 Å². The number of fused-ring (bicyclic) bond motifs is 8. The number of nitrogens with zero attached hydrogens (tertiary/aromatic N) is 4. The van der Waals surface area contributed by atoms with Crippen LogP contribution < -0.4 is 0 Å². The molecule has 0 saturated heterocycles. The number of aromatic nitrogens is 4. The Balaban J connectivity index is 0.839. The Bertz CT molecular complexity index is 3680. The number of hydrogen-bond donors (Lipinski definition) is 0. The molecule has 61 heavy (non-hydrogen) atoms. The van der Waals surface area contributed by atoms with Gasteiger partial charge in [-0.15, -0.1) is 0 Å². The predicted molar refractivity (Wildman–Crippen MR) is 255 cm³/mol. The van der Waals surface area contributed by atoms with E-state index in [1.165, 1.54) is 21.5 Å². The van der Waals surface area contributed by atoms with Crippen LogP contribution in [-0.2, 0) is 0 Å². The van der Waals surface area contributed by atoms with Crippen molar-refractivity contribution in [2.24, 2.45) is 0 Å². The second kappa shape index (κ2) is 14.5. The Morgan fingerprint density at radius 1 is 0.262 bits per heavy atom. The molecule has 4 heterocycles. The second-order valence-electron chi connectivity index (χ2n) is 15.4. The fraction of sp³-hybridized carbons (Fsp3) is 0. The highest BCUT2D eigenvalue weighted by Gasteiger charge is 2.13. The summed E-state index contributed by atoms with van der Waals surface area (Å²) in [6, 6.07) is 72.7. The van der Waals surface area contributed by atoms with Crippen LogP contribution in [0.4, 0.5) is 0 Å². The van der Waals surface area contributed by atoms with Crippen LogP contribution in [0, 0.1) is 0 Å². The minimum absolute atomic E-state index is 0.905. The lowest BCUT2D eigenvalue weighted by molar-refractivity contribution is 1.34. The first-order chi connectivity index (χ1) is 30.2. The van der Waals surface area contributed by atoms with E-state index in [4.69, 9.17) is 19.9 Å². The van der Waals surface area contributed by atoms with Gasteiger partial charge in [-0.2, -0.15) is 0 Å². The lowest BCUT2D eigenvalue weighted by Crippen LogP contribution is -1.92. The van der Waals surface area contributed by atoms with Crippen molar-refractivity contribution >= 4 is 76.9 Å². The van der Waals surface area contributed by atoms with Gasteiger partial charge in [-0.25, -0.2) is 19.9 Å². The van der Waals surface area contributed by atoms with Crippen molar-refractivity contribution in [1.29, 1.82) is 0 Å². The van der Waals surface area contributed by atoms with Crippen LogP contribution in [-0.4, -0.2) is 19.9 Å². The Morgan fingerprint density at radius 3 is 1.20 bits per heavy atom. The van der Waals surface area contributed by atoms with Crippen LogP contribution in [0.15, 0.2) is 216 Å². The second-order valence-corrected chi connectivity index (χ2v) is 16.6. The van der Waals surface area contributed by atoms with Crippen molar-refractivity contribution in [3.63, 3.8) is 0 Å². The SMILES string of the molecule is c1cc(Sc2ccc(-c3ccc4ccc5ccc(-c6cccc7ccccc67)nc5c4n3)cc2)cc(-c2ccc3ccc4ccc(-c5cccc6ccccc56)nc4c3n2)c1. The molecule has 0 spiro atoms. The molecule has 0 aliphatic rings. The van der Waals surface area contributed by atoms with Gasteiger partial charge >= 0.3 is 0 Å². The van der Waals surface area contributed by atoms with E-state index < -0.39 is 0 Å². The van der Waals surface area contributed by atoms with Crippen molar-refractivity contribution < 1.29 is 0 Å². The fourth-order valence-corrected chi connectivity index (χ4v) is 9.48. The Kier molecular flexibility index (Phi) is 8.39. The summed E-state index contributed by atoms with van der Waals surface area (Å²) < 4.78 is 0. The van der Waals surface area contributed by atoms with Gasteiger partial charge in [0.1, 0.15) is 0 Å². The Labute approximate surface area is 356 Å². The summed E-state index contributed by atoms with van der Waals surface area (Å²) in [5, 5.41) is 9.08. The molecule has 4 nitrogen and oxygen atoms in total. The molecule has 12 rings (SSSR count). The van der Waals surface area contributed by atoms with Gasteiger partial charge in [-0.3, -0.25) is 0 Å². The van der Waals surface area contributed by atoms with E-state index in [0.29, 0.717) is 0 Å². The molecular weight excluding hydrogens is 761 g/mol.